The summed E-state index contributed by atoms with van der Waals surface area (Å²) in [7, 11) is 0. The quantitative estimate of drug-likeness (QED) is 0.642. The van der Waals surface area contributed by atoms with E-state index in [0.717, 1.165) is 44.1 Å². The van der Waals surface area contributed by atoms with Crippen molar-refractivity contribution in [3.63, 3.8) is 0 Å². The first-order chi connectivity index (χ1) is 14.3. The van der Waals surface area contributed by atoms with Crippen LogP contribution >= 0.6 is 0 Å². The molecule has 158 valence electrons. The molecule has 3 aliphatic rings. The minimum atomic E-state index is 0.127. The summed E-state index contributed by atoms with van der Waals surface area (Å²) in [4.78, 5) is 17.8. The molecule has 4 nitrogen and oxygen atoms in total. The fraction of sp³-hybridized carbons (Fsp3) is 0.640. The van der Waals surface area contributed by atoms with Crippen LogP contribution in [-0.4, -0.2) is 60.6 Å². The summed E-state index contributed by atoms with van der Waals surface area (Å²) in [5.41, 5.74) is 1.07. The zero-order chi connectivity index (χ0) is 19.9. The van der Waals surface area contributed by atoms with Crippen molar-refractivity contribution < 1.29 is 9.53 Å². The van der Waals surface area contributed by atoms with Gasteiger partial charge in [0.05, 0.1) is 6.10 Å². The first-order valence-electron chi connectivity index (χ1n) is 11.7. The molecule has 0 aromatic heterocycles. The van der Waals surface area contributed by atoms with Crippen LogP contribution in [0.4, 0.5) is 0 Å². The van der Waals surface area contributed by atoms with Gasteiger partial charge in [0.1, 0.15) is 0 Å². The second-order valence-electron chi connectivity index (χ2n) is 9.04. The molecule has 0 unspecified atom stereocenters. The fourth-order valence-corrected chi connectivity index (χ4v) is 5.21. The minimum Gasteiger partial charge on any atom is -0.376 e. The smallest absolute Gasteiger partial charge is 0.246 e. The monoisotopic (exact) mass is 396 g/mol. The Hall–Kier alpha value is -1.65. The number of rotatable bonds is 7. The first kappa shape index (κ1) is 20.6. The average molecular weight is 397 g/mol. The van der Waals surface area contributed by atoms with Crippen molar-refractivity contribution in [1.29, 1.82) is 0 Å². The molecule has 2 heterocycles. The van der Waals surface area contributed by atoms with E-state index in [2.05, 4.69) is 9.80 Å². The van der Waals surface area contributed by atoms with E-state index in [1.807, 2.05) is 36.4 Å². The van der Waals surface area contributed by atoms with Crippen molar-refractivity contribution in [2.75, 3.05) is 32.8 Å². The zero-order valence-corrected chi connectivity index (χ0v) is 17.7. The van der Waals surface area contributed by atoms with Gasteiger partial charge in [0.15, 0.2) is 0 Å². The number of piperidine rings is 1. The topological polar surface area (TPSA) is 32.8 Å². The fourth-order valence-electron chi connectivity index (χ4n) is 5.21. The number of carbonyl (C=O) groups excluding carboxylic acids is 1. The average Bonchev–Trinajstić information content (AvgIpc) is 3.47. The Bertz CT molecular complexity index is 655. The lowest BCUT2D eigenvalue weighted by Crippen LogP contribution is -2.45. The summed E-state index contributed by atoms with van der Waals surface area (Å²) in [6.07, 6.45) is 14.1. The van der Waals surface area contributed by atoms with Crippen LogP contribution in [0.5, 0.6) is 0 Å². The van der Waals surface area contributed by atoms with E-state index in [9.17, 15) is 4.79 Å². The second-order valence-corrected chi connectivity index (χ2v) is 9.04. The van der Waals surface area contributed by atoms with Crippen molar-refractivity contribution in [3.8, 4) is 0 Å². The Labute approximate surface area is 175 Å². The van der Waals surface area contributed by atoms with Gasteiger partial charge in [0.2, 0.25) is 5.91 Å². The van der Waals surface area contributed by atoms with Crippen molar-refractivity contribution in [3.05, 3.63) is 42.0 Å². The third-order valence-electron chi connectivity index (χ3n) is 6.95. The summed E-state index contributed by atoms with van der Waals surface area (Å²) in [6, 6.07) is 10.9. The van der Waals surface area contributed by atoms with Gasteiger partial charge in [-0.1, -0.05) is 43.2 Å². The molecule has 1 aromatic rings. The Morgan fingerprint density at radius 1 is 1.00 bits per heavy atom. The van der Waals surface area contributed by atoms with Gasteiger partial charge in [-0.15, -0.1) is 0 Å². The molecule has 4 rings (SSSR count). The Kier molecular flexibility index (Phi) is 7.39. The third-order valence-corrected chi connectivity index (χ3v) is 6.95. The highest BCUT2D eigenvalue weighted by Crippen LogP contribution is 2.28. The molecule has 1 aromatic carbocycles. The third kappa shape index (κ3) is 5.93. The number of benzene rings is 1. The van der Waals surface area contributed by atoms with Gasteiger partial charge in [-0.2, -0.15) is 0 Å². The lowest BCUT2D eigenvalue weighted by Gasteiger charge is -2.38. The molecule has 2 aliphatic heterocycles. The predicted octanol–water partition coefficient (Wildman–Crippen LogP) is 4.36. The van der Waals surface area contributed by atoms with Crippen LogP contribution in [0.3, 0.4) is 0 Å². The van der Waals surface area contributed by atoms with E-state index in [1.165, 1.54) is 51.6 Å². The molecule has 0 radical (unpaired) electrons. The van der Waals surface area contributed by atoms with E-state index >= 15 is 0 Å². The van der Waals surface area contributed by atoms with E-state index in [-0.39, 0.29) is 12.0 Å². The van der Waals surface area contributed by atoms with E-state index in [0.29, 0.717) is 5.92 Å². The van der Waals surface area contributed by atoms with Crippen molar-refractivity contribution >= 4 is 12.0 Å². The highest BCUT2D eigenvalue weighted by molar-refractivity contribution is 5.91. The van der Waals surface area contributed by atoms with Crippen LogP contribution in [0.15, 0.2) is 36.4 Å². The van der Waals surface area contributed by atoms with Crippen molar-refractivity contribution in [2.24, 2.45) is 5.92 Å². The maximum absolute atomic E-state index is 13.0. The van der Waals surface area contributed by atoms with Gasteiger partial charge in [-0.3, -0.25) is 4.79 Å². The summed E-state index contributed by atoms with van der Waals surface area (Å²) in [5, 5.41) is 0. The molecular formula is C25H36N2O2. The lowest BCUT2D eigenvalue weighted by molar-refractivity contribution is -0.128. The van der Waals surface area contributed by atoms with Gasteiger partial charge in [0, 0.05) is 31.8 Å². The zero-order valence-electron chi connectivity index (χ0n) is 17.7. The molecule has 0 N–H and O–H groups in total. The van der Waals surface area contributed by atoms with E-state index in [1.54, 1.807) is 6.08 Å². The minimum absolute atomic E-state index is 0.127. The summed E-state index contributed by atoms with van der Waals surface area (Å²) in [6.45, 7) is 4.86. The molecule has 1 saturated carbocycles. The Balaban J connectivity index is 1.33. The van der Waals surface area contributed by atoms with Crippen LogP contribution in [-0.2, 0) is 9.53 Å². The van der Waals surface area contributed by atoms with E-state index in [4.69, 9.17) is 4.74 Å². The van der Waals surface area contributed by atoms with Crippen LogP contribution in [0, 0.1) is 5.92 Å². The number of nitrogens with zero attached hydrogens (tertiary/aromatic N) is 2. The number of hydrogen-bond donors (Lipinski definition) is 0. The highest BCUT2D eigenvalue weighted by Gasteiger charge is 2.29. The summed E-state index contributed by atoms with van der Waals surface area (Å²) in [5.74, 6) is 0.741. The van der Waals surface area contributed by atoms with Crippen LogP contribution in [0.25, 0.3) is 6.08 Å². The molecule has 4 heteroatoms. The summed E-state index contributed by atoms with van der Waals surface area (Å²) < 4.78 is 5.84. The largest absolute Gasteiger partial charge is 0.376 e. The van der Waals surface area contributed by atoms with Crippen molar-refractivity contribution in [1.82, 2.24) is 9.80 Å². The normalized spacial score (nSPS) is 24.5. The molecule has 1 aliphatic carbocycles. The summed E-state index contributed by atoms with van der Waals surface area (Å²) >= 11 is 0. The molecule has 1 amide bonds. The highest BCUT2D eigenvalue weighted by atomic mass is 16.5. The number of amides is 1. The van der Waals surface area contributed by atoms with Gasteiger partial charge in [-0.25, -0.2) is 0 Å². The molecule has 29 heavy (non-hydrogen) atoms. The standard InChI is InChI=1S/C25H36N2O2/c28-25(13-12-21-7-2-1-3-8-21)27(20-24-11-6-18-29-24)19-22-14-16-26(17-15-22)23-9-4-5-10-23/h1-3,7-8,12-13,22-24H,4-6,9-11,14-20H2/b13-12+/t24-/m1/s1. The Morgan fingerprint density at radius 3 is 2.45 bits per heavy atom. The molecule has 2 saturated heterocycles. The number of ether oxygens (including phenoxy) is 1. The van der Waals surface area contributed by atoms with Gasteiger partial charge in [-0.05, 0) is 69.2 Å². The van der Waals surface area contributed by atoms with Gasteiger partial charge < -0.3 is 14.5 Å². The van der Waals surface area contributed by atoms with Crippen LogP contribution in [0.2, 0.25) is 0 Å². The van der Waals surface area contributed by atoms with Crippen molar-refractivity contribution in [2.45, 2.75) is 63.5 Å². The Morgan fingerprint density at radius 2 is 1.76 bits per heavy atom. The number of likely N-dealkylation sites (tertiary alicyclic amines) is 1. The number of carbonyl (C=O) groups is 1. The molecule has 0 spiro atoms. The van der Waals surface area contributed by atoms with Crippen LogP contribution < -0.4 is 0 Å². The SMILES string of the molecule is O=C(/C=C/c1ccccc1)N(CC1CCN(C2CCCC2)CC1)C[C@H]1CCCO1. The van der Waals surface area contributed by atoms with Gasteiger partial charge >= 0.3 is 0 Å². The predicted molar refractivity (Wildman–Crippen MR) is 118 cm³/mol. The molecule has 0 bridgehead atoms. The van der Waals surface area contributed by atoms with Gasteiger partial charge in [0.25, 0.3) is 0 Å². The maximum Gasteiger partial charge on any atom is 0.246 e. The second kappa shape index (κ2) is 10.4. The first-order valence-corrected chi connectivity index (χ1v) is 11.7. The molecular weight excluding hydrogens is 360 g/mol. The number of hydrogen-bond acceptors (Lipinski definition) is 3. The molecule has 1 atom stereocenters. The lowest BCUT2D eigenvalue weighted by atomic mass is 9.94. The maximum atomic E-state index is 13.0. The van der Waals surface area contributed by atoms with E-state index < -0.39 is 0 Å². The molecule has 3 fully saturated rings. The van der Waals surface area contributed by atoms with Crippen LogP contribution in [0.1, 0.15) is 56.9 Å².